The summed E-state index contributed by atoms with van der Waals surface area (Å²) in [5, 5.41) is 5.68. The van der Waals surface area contributed by atoms with Gasteiger partial charge in [0.15, 0.2) is 5.78 Å². The second-order valence-corrected chi connectivity index (χ2v) is 5.90. The SMILES string of the molecule is CC(=O)c1cccc(NC(=O)C(C)NC(C)c2ccc(F)cc2F)c1. The highest BCUT2D eigenvalue weighted by atomic mass is 19.1. The van der Waals surface area contributed by atoms with Crippen molar-refractivity contribution < 1.29 is 18.4 Å². The molecule has 0 spiro atoms. The van der Waals surface area contributed by atoms with E-state index in [4.69, 9.17) is 0 Å². The summed E-state index contributed by atoms with van der Waals surface area (Å²) < 4.78 is 26.8. The van der Waals surface area contributed by atoms with Crippen LogP contribution in [-0.4, -0.2) is 17.7 Å². The van der Waals surface area contributed by atoms with Gasteiger partial charge in [0.25, 0.3) is 0 Å². The van der Waals surface area contributed by atoms with Crippen LogP contribution < -0.4 is 10.6 Å². The highest BCUT2D eigenvalue weighted by Gasteiger charge is 2.19. The Balaban J connectivity index is 2.02. The lowest BCUT2D eigenvalue weighted by Crippen LogP contribution is -2.39. The van der Waals surface area contributed by atoms with Crippen LogP contribution in [0.5, 0.6) is 0 Å². The summed E-state index contributed by atoms with van der Waals surface area (Å²) in [6.45, 7) is 4.78. The van der Waals surface area contributed by atoms with E-state index < -0.39 is 23.7 Å². The summed E-state index contributed by atoms with van der Waals surface area (Å²) in [6, 6.07) is 8.85. The molecule has 132 valence electrons. The van der Waals surface area contributed by atoms with E-state index in [9.17, 15) is 18.4 Å². The van der Waals surface area contributed by atoms with Crippen molar-refractivity contribution in [3.8, 4) is 0 Å². The molecule has 2 rings (SSSR count). The molecule has 0 bridgehead atoms. The minimum absolute atomic E-state index is 0.0947. The summed E-state index contributed by atoms with van der Waals surface area (Å²) in [4.78, 5) is 23.7. The second kappa shape index (κ2) is 7.98. The van der Waals surface area contributed by atoms with Crippen LogP contribution >= 0.6 is 0 Å². The van der Waals surface area contributed by atoms with E-state index in [2.05, 4.69) is 10.6 Å². The van der Waals surface area contributed by atoms with Crippen molar-refractivity contribution in [3.63, 3.8) is 0 Å². The molecule has 2 unspecified atom stereocenters. The number of halogens is 2. The minimum atomic E-state index is -0.665. The number of ketones is 1. The van der Waals surface area contributed by atoms with Gasteiger partial charge in [-0.2, -0.15) is 0 Å². The van der Waals surface area contributed by atoms with Crippen LogP contribution in [-0.2, 0) is 4.79 Å². The number of anilines is 1. The van der Waals surface area contributed by atoms with E-state index >= 15 is 0 Å². The van der Waals surface area contributed by atoms with E-state index in [-0.39, 0.29) is 17.3 Å². The van der Waals surface area contributed by atoms with E-state index in [1.54, 1.807) is 38.1 Å². The molecule has 25 heavy (non-hydrogen) atoms. The quantitative estimate of drug-likeness (QED) is 0.781. The molecule has 0 heterocycles. The Morgan fingerprint density at radius 1 is 1.04 bits per heavy atom. The van der Waals surface area contributed by atoms with Crippen LogP contribution in [0.2, 0.25) is 0 Å². The Kier molecular flexibility index (Phi) is 5.98. The maximum Gasteiger partial charge on any atom is 0.241 e. The van der Waals surface area contributed by atoms with E-state index in [1.165, 1.54) is 19.1 Å². The predicted molar refractivity (Wildman–Crippen MR) is 92.4 cm³/mol. The summed E-state index contributed by atoms with van der Waals surface area (Å²) in [6.07, 6.45) is 0. The van der Waals surface area contributed by atoms with Crippen molar-refractivity contribution in [1.82, 2.24) is 5.32 Å². The Morgan fingerprint density at radius 3 is 2.40 bits per heavy atom. The molecular weight excluding hydrogens is 326 g/mol. The van der Waals surface area contributed by atoms with E-state index in [0.717, 1.165) is 6.07 Å². The van der Waals surface area contributed by atoms with Crippen molar-refractivity contribution in [1.29, 1.82) is 0 Å². The largest absolute Gasteiger partial charge is 0.325 e. The zero-order chi connectivity index (χ0) is 18.6. The number of rotatable bonds is 6. The molecule has 0 aromatic heterocycles. The van der Waals surface area contributed by atoms with Crippen molar-refractivity contribution in [2.24, 2.45) is 0 Å². The normalized spacial score (nSPS) is 13.2. The summed E-state index contributed by atoms with van der Waals surface area (Å²) in [7, 11) is 0. The van der Waals surface area contributed by atoms with Crippen LogP contribution in [0.15, 0.2) is 42.5 Å². The number of benzene rings is 2. The van der Waals surface area contributed by atoms with Gasteiger partial charge in [0, 0.05) is 28.9 Å². The molecule has 0 aliphatic carbocycles. The van der Waals surface area contributed by atoms with Gasteiger partial charge >= 0.3 is 0 Å². The molecule has 1 amide bonds. The zero-order valence-corrected chi connectivity index (χ0v) is 14.3. The maximum absolute atomic E-state index is 13.8. The van der Waals surface area contributed by atoms with Gasteiger partial charge in [0.05, 0.1) is 6.04 Å². The first-order chi connectivity index (χ1) is 11.8. The zero-order valence-electron chi connectivity index (χ0n) is 14.3. The third kappa shape index (κ3) is 4.93. The fraction of sp³-hybridized carbons (Fsp3) is 0.263. The van der Waals surface area contributed by atoms with Crippen LogP contribution in [0, 0.1) is 11.6 Å². The number of carbonyl (C=O) groups excluding carboxylic acids is 2. The summed E-state index contributed by atoms with van der Waals surface area (Å²) in [5.74, 6) is -1.73. The molecule has 0 saturated carbocycles. The predicted octanol–water partition coefficient (Wildman–Crippen LogP) is 3.85. The fourth-order valence-electron chi connectivity index (χ4n) is 2.46. The molecule has 0 saturated heterocycles. The summed E-state index contributed by atoms with van der Waals surface area (Å²) >= 11 is 0. The number of carbonyl (C=O) groups is 2. The third-order valence-corrected chi connectivity index (χ3v) is 3.86. The number of amides is 1. The molecular formula is C19H20F2N2O2. The highest BCUT2D eigenvalue weighted by molar-refractivity contribution is 5.98. The van der Waals surface area contributed by atoms with Gasteiger partial charge in [-0.15, -0.1) is 0 Å². The Bertz CT molecular complexity index is 793. The number of hydrogen-bond donors (Lipinski definition) is 2. The van der Waals surface area contributed by atoms with E-state index in [1.807, 2.05) is 0 Å². The highest BCUT2D eigenvalue weighted by Crippen LogP contribution is 2.18. The first-order valence-corrected chi connectivity index (χ1v) is 7.91. The minimum Gasteiger partial charge on any atom is -0.325 e. The van der Waals surface area contributed by atoms with Gasteiger partial charge in [-0.1, -0.05) is 18.2 Å². The lowest BCUT2D eigenvalue weighted by atomic mass is 10.1. The molecule has 2 aromatic carbocycles. The monoisotopic (exact) mass is 346 g/mol. The second-order valence-electron chi connectivity index (χ2n) is 5.90. The number of hydrogen-bond acceptors (Lipinski definition) is 3. The van der Waals surface area contributed by atoms with Gasteiger partial charge in [-0.3, -0.25) is 14.9 Å². The van der Waals surface area contributed by atoms with Crippen molar-refractivity contribution in [3.05, 3.63) is 65.2 Å². The molecule has 2 atom stereocenters. The van der Waals surface area contributed by atoms with Gasteiger partial charge in [0.2, 0.25) is 5.91 Å². The number of nitrogens with one attached hydrogen (secondary N) is 2. The van der Waals surface area contributed by atoms with Crippen LogP contribution in [0.25, 0.3) is 0 Å². The first-order valence-electron chi connectivity index (χ1n) is 7.91. The van der Waals surface area contributed by atoms with Crippen molar-refractivity contribution in [2.45, 2.75) is 32.9 Å². The lowest BCUT2D eigenvalue weighted by Gasteiger charge is -2.20. The Morgan fingerprint density at radius 2 is 1.76 bits per heavy atom. The topological polar surface area (TPSA) is 58.2 Å². The van der Waals surface area contributed by atoms with Gasteiger partial charge in [-0.25, -0.2) is 8.78 Å². The average molecular weight is 346 g/mol. The van der Waals surface area contributed by atoms with Crippen LogP contribution in [0.3, 0.4) is 0 Å². The van der Waals surface area contributed by atoms with E-state index in [0.29, 0.717) is 11.3 Å². The Hall–Kier alpha value is -2.60. The molecule has 4 nitrogen and oxygen atoms in total. The van der Waals surface area contributed by atoms with Gasteiger partial charge in [0.1, 0.15) is 11.6 Å². The summed E-state index contributed by atoms with van der Waals surface area (Å²) in [5.41, 5.74) is 1.28. The smallest absolute Gasteiger partial charge is 0.241 e. The van der Waals surface area contributed by atoms with Gasteiger partial charge in [-0.05, 0) is 39.0 Å². The van der Waals surface area contributed by atoms with Crippen LogP contribution in [0.4, 0.5) is 14.5 Å². The fourth-order valence-corrected chi connectivity index (χ4v) is 2.46. The molecule has 6 heteroatoms. The van der Waals surface area contributed by atoms with Crippen LogP contribution in [0.1, 0.15) is 42.7 Å². The lowest BCUT2D eigenvalue weighted by molar-refractivity contribution is -0.117. The third-order valence-electron chi connectivity index (χ3n) is 3.86. The number of Topliss-reactive ketones (excluding diaryl/α,β-unsaturated/α-hetero) is 1. The van der Waals surface area contributed by atoms with Gasteiger partial charge < -0.3 is 5.32 Å². The van der Waals surface area contributed by atoms with Crippen molar-refractivity contribution in [2.75, 3.05) is 5.32 Å². The molecule has 0 radical (unpaired) electrons. The molecule has 2 N–H and O–H groups in total. The molecule has 2 aromatic rings. The maximum atomic E-state index is 13.8. The Labute approximate surface area is 145 Å². The molecule has 0 aliphatic rings. The average Bonchev–Trinajstić information content (AvgIpc) is 2.54. The first kappa shape index (κ1) is 18.7. The van der Waals surface area contributed by atoms with Crippen molar-refractivity contribution >= 4 is 17.4 Å². The molecule has 0 fully saturated rings. The standard InChI is InChI=1S/C19H20F2N2O2/c1-11(17-8-7-15(20)10-18(17)21)22-12(2)19(25)23-16-6-4-5-14(9-16)13(3)24/h4-12,22H,1-3H3,(H,23,25). The molecule has 0 aliphatic heterocycles.